The van der Waals surface area contributed by atoms with Crippen LogP contribution in [0.4, 0.5) is 0 Å². The van der Waals surface area contributed by atoms with Gasteiger partial charge in [0, 0.05) is 27.7 Å². The summed E-state index contributed by atoms with van der Waals surface area (Å²) in [5, 5.41) is 242. The Balaban J connectivity index is 1.13. The van der Waals surface area contributed by atoms with Gasteiger partial charge in [0.25, 0.3) is 0 Å². The molecule has 8 rings (SSSR count). The van der Waals surface area contributed by atoms with E-state index < -0.39 is 322 Å². The molecule has 8 fully saturated rings. The molecule has 0 radical (unpaired) electrons. The van der Waals surface area contributed by atoms with E-state index in [4.69, 9.17) is 71.1 Å². The number of nitrogens with one attached hydrogen (secondary N) is 4. The van der Waals surface area contributed by atoms with Crippen molar-refractivity contribution in [2.75, 3.05) is 52.9 Å². The minimum atomic E-state index is -2.48. The summed E-state index contributed by atoms with van der Waals surface area (Å²) in [5.74, 6) is -3.23. The molecule has 0 saturated carbocycles. The Hall–Kier alpha value is -3.56. The second kappa shape index (κ2) is 36.4. The normalized spacial score (nSPS) is 48.3. The zero-order valence-corrected chi connectivity index (χ0v) is 54.9. The van der Waals surface area contributed by atoms with Crippen LogP contribution in [-0.4, -0.2) is 429 Å². The first kappa shape index (κ1) is 83.1. The average Bonchev–Trinajstić information content (AvgIpc) is 0.751. The van der Waals surface area contributed by atoms with E-state index in [9.17, 15) is 126 Å². The molecule has 4 amide bonds. The molecule has 44 heteroatoms. The monoisotopic (exact) mass is 1480 g/mol. The number of carbonyl (C=O) groups is 4. The molecule has 25 N–H and O–H groups in total. The quantitative estimate of drug-likeness (QED) is 0.0382. The summed E-state index contributed by atoms with van der Waals surface area (Å²) in [7, 11) is 0. The lowest BCUT2D eigenvalue weighted by Crippen LogP contribution is -2.70. The van der Waals surface area contributed by atoms with Gasteiger partial charge in [-0.1, -0.05) is 0 Å². The Morgan fingerprint density at radius 3 is 0.980 bits per heavy atom. The minimum Gasteiger partial charge on any atom is -0.394 e. The molecule has 8 saturated heterocycles. The summed E-state index contributed by atoms with van der Waals surface area (Å²) in [4.78, 5) is 50.4. The number of aliphatic hydroxyl groups is 21. The SMILES string of the molecule is CC(=O)NC1C(O)[C@H](O[C@@H]2OC(CO)[C@H](O)C(O)[C@@H]2O)[C@H](CO)O[C@H]1O[C@@H]1C(O)[C@H](O)C(CO)O[C@@H]1OCC1O[C@@H](O[C@@H]2C(CO)O[C@@H](O[C@@H]3C(CO)O[C@@H](C)C(NC(C)=O)[C@H]3O)[C@@H](NC(C)=O)C2O)[C@H](O)C(O[C@H]2O[C@H](CO)[C@@H](O)C(O)C2O[C@@H]2OC(CO)[C@@H](O)C(O)[C@@H]2NC(C)=O)[C@@H]1O. The fourth-order valence-corrected chi connectivity index (χ4v) is 13.2. The van der Waals surface area contributed by atoms with Crippen LogP contribution < -0.4 is 21.3 Å². The maximum Gasteiger partial charge on any atom is 0.217 e. The van der Waals surface area contributed by atoms with E-state index in [0.29, 0.717) is 0 Å². The highest BCUT2D eigenvalue weighted by molar-refractivity contribution is 5.74. The number of amides is 4. The molecule has 8 aliphatic heterocycles. The van der Waals surface area contributed by atoms with Gasteiger partial charge in [-0.25, -0.2) is 0 Å². The Bertz CT molecular complexity index is 2640. The predicted octanol–water partition coefficient (Wildman–Crippen LogP) is -16.8. The smallest absolute Gasteiger partial charge is 0.217 e. The molecule has 101 heavy (non-hydrogen) atoms. The van der Waals surface area contributed by atoms with Crippen LogP contribution in [0.1, 0.15) is 34.6 Å². The molecule has 40 atom stereocenters. The van der Waals surface area contributed by atoms with Crippen LogP contribution in [0, 0.1) is 0 Å². The fourth-order valence-electron chi connectivity index (χ4n) is 13.2. The Morgan fingerprint density at radius 2 is 0.554 bits per heavy atom. The van der Waals surface area contributed by atoms with Crippen molar-refractivity contribution in [2.24, 2.45) is 0 Å². The van der Waals surface area contributed by atoms with Crippen molar-refractivity contribution in [2.45, 2.75) is 280 Å². The largest absolute Gasteiger partial charge is 0.394 e. The molecule has 8 heterocycles. The molecule has 0 spiro atoms. The van der Waals surface area contributed by atoms with Crippen LogP contribution in [0.5, 0.6) is 0 Å². The van der Waals surface area contributed by atoms with E-state index in [1.165, 1.54) is 6.92 Å². The van der Waals surface area contributed by atoms with E-state index in [1.807, 2.05) is 0 Å². The Morgan fingerprint density at radius 1 is 0.267 bits per heavy atom. The van der Waals surface area contributed by atoms with Gasteiger partial charge in [-0.05, 0) is 6.92 Å². The molecular weight excluding hydrogens is 1380 g/mol. The van der Waals surface area contributed by atoms with Crippen molar-refractivity contribution in [3.05, 3.63) is 0 Å². The topological polar surface area (TPSA) is 680 Å². The van der Waals surface area contributed by atoms with Gasteiger partial charge >= 0.3 is 0 Å². The highest BCUT2D eigenvalue weighted by Crippen LogP contribution is 2.39. The van der Waals surface area contributed by atoms with Gasteiger partial charge in [0.05, 0.1) is 65.0 Å². The molecule has 0 aliphatic carbocycles. The summed E-state index contributed by atoms with van der Waals surface area (Å²) >= 11 is 0. The van der Waals surface area contributed by atoms with Crippen molar-refractivity contribution in [3.8, 4) is 0 Å². The lowest BCUT2D eigenvalue weighted by molar-refractivity contribution is -0.396. The van der Waals surface area contributed by atoms with Crippen LogP contribution in [0.15, 0.2) is 0 Å². The van der Waals surface area contributed by atoms with Crippen LogP contribution in [0.25, 0.3) is 0 Å². The number of rotatable bonds is 26. The van der Waals surface area contributed by atoms with Crippen molar-refractivity contribution in [3.63, 3.8) is 0 Å². The number of aliphatic hydroxyl groups excluding tert-OH is 21. The van der Waals surface area contributed by atoms with Crippen molar-refractivity contribution >= 4 is 23.6 Å². The molecule has 8 aliphatic rings. The lowest BCUT2D eigenvalue weighted by atomic mass is 9.92. The van der Waals surface area contributed by atoms with E-state index in [2.05, 4.69) is 21.3 Å². The highest BCUT2D eigenvalue weighted by Gasteiger charge is 2.60. The summed E-state index contributed by atoms with van der Waals surface area (Å²) in [6, 6.07) is -6.60. The van der Waals surface area contributed by atoms with Crippen LogP contribution >= 0.6 is 0 Å². The second-order valence-electron chi connectivity index (χ2n) is 25.7. The fraction of sp³-hybridized carbons (Fsp3) is 0.930. The van der Waals surface area contributed by atoms with Gasteiger partial charge in [0.15, 0.2) is 44.0 Å². The molecule has 44 nitrogen and oxygen atoms in total. The lowest BCUT2D eigenvalue weighted by Gasteiger charge is -2.51. The zero-order chi connectivity index (χ0) is 74.5. The maximum absolute atomic E-state index is 12.9. The van der Waals surface area contributed by atoms with Gasteiger partial charge in [0.1, 0.15) is 189 Å². The van der Waals surface area contributed by atoms with Crippen molar-refractivity contribution < 1.29 is 197 Å². The zero-order valence-electron chi connectivity index (χ0n) is 54.9. The van der Waals surface area contributed by atoms with Crippen molar-refractivity contribution in [1.29, 1.82) is 0 Å². The Labute approximate surface area is 573 Å². The van der Waals surface area contributed by atoms with E-state index in [0.717, 1.165) is 27.7 Å². The van der Waals surface area contributed by atoms with Gasteiger partial charge in [-0.2, -0.15) is 0 Å². The molecule has 584 valence electrons. The summed E-state index contributed by atoms with van der Waals surface area (Å²) < 4.78 is 89.4. The van der Waals surface area contributed by atoms with E-state index in [-0.39, 0.29) is 0 Å². The third kappa shape index (κ3) is 18.5. The van der Waals surface area contributed by atoms with Gasteiger partial charge < -0.3 is 200 Å². The number of hydrogen-bond acceptors (Lipinski definition) is 40. The summed E-state index contributed by atoms with van der Waals surface area (Å²) in [6.45, 7) is -2.66. The molecule has 0 aromatic carbocycles. The number of ether oxygens (including phenoxy) is 15. The first-order chi connectivity index (χ1) is 47.8. The summed E-state index contributed by atoms with van der Waals surface area (Å²) in [6.07, 6.45) is -71.1. The minimum absolute atomic E-state index is 0.609. The van der Waals surface area contributed by atoms with Crippen LogP contribution in [0.2, 0.25) is 0 Å². The highest BCUT2D eigenvalue weighted by atomic mass is 16.8. The predicted molar refractivity (Wildman–Crippen MR) is 314 cm³/mol. The first-order valence-corrected chi connectivity index (χ1v) is 32.4. The van der Waals surface area contributed by atoms with Gasteiger partial charge in [-0.3, -0.25) is 19.2 Å². The number of hydrogen-bond donors (Lipinski definition) is 25. The van der Waals surface area contributed by atoms with Crippen LogP contribution in [0.3, 0.4) is 0 Å². The molecule has 16 unspecified atom stereocenters. The van der Waals surface area contributed by atoms with Gasteiger partial charge in [-0.15, -0.1) is 0 Å². The molecular formula is C57H96N4O40. The van der Waals surface area contributed by atoms with Gasteiger partial charge in [0.2, 0.25) is 23.6 Å². The first-order valence-electron chi connectivity index (χ1n) is 32.4. The Kier molecular flexibility index (Phi) is 29.9. The van der Waals surface area contributed by atoms with E-state index in [1.54, 1.807) is 0 Å². The second-order valence-corrected chi connectivity index (χ2v) is 25.7. The molecule has 0 aromatic rings. The molecule has 0 bridgehead atoms. The third-order valence-corrected chi connectivity index (χ3v) is 18.5. The van der Waals surface area contributed by atoms with Crippen molar-refractivity contribution in [1.82, 2.24) is 21.3 Å². The maximum atomic E-state index is 12.9. The van der Waals surface area contributed by atoms with Crippen LogP contribution in [-0.2, 0) is 90.2 Å². The number of carbonyl (C=O) groups excluding carboxylic acids is 4. The summed E-state index contributed by atoms with van der Waals surface area (Å²) in [5.41, 5.74) is 0. The molecule has 0 aromatic heterocycles. The average molecular weight is 1480 g/mol. The third-order valence-electron chi connectivity index (χ3n) is 18.5. The van der Waals surface area contributed by atoms with E-state index >= 15 is 0 Å². The standard InChI is InChI=1S/C57H96N4O40/c1-14-27(58-15(2)69)37(79)45(23(10-66)88-14)96-52-29(60-17(4)71)38(80)47(25(12-68)93-52)98-55-44(86)48(99-57-50(42(84)34(76)22(9-65)92-57)101-51-28(59-16(3)70)36(78)31(73)19(6-62)89-51)35(77)26(95-55)13-87-56-49(41(83)33(75)21(8-64)91-56)100-53-30(61-18(5)72)39(81)46(24(11-67)94-53)97-54-43(85)40(82)32(74)20(7-63)90-54/h14,19-57,62-68,73-86H,6-13H2,1-5H3,(H,58,69)(H,59,70)(H,60,71)(H,61,72)/t14-,19?,20?,21?,22+,23?,24-,25?,26?,27?,28-,29-,30?,31+,32-,33+,34+,35+,36?,37+,38?,39?,40?,41?,42?,43-,44+,45+,46+,47+,48?,49+,50?,51-,52-,53-,54-,55-,56-,57+/m0/s1.